The molecule has 2 aromatic rings. The molecule has 2 rings (SSSR count). The van der Waals surface area contributed by atoms with Crippen LogP contribution in [0.2, 0.25) is 0 Å². The van der Waals surface area contributed by atoms with Gasteiger partial charge in [-0.05, 0) is 25.1 Å². The van der Waals surface area contributed by atoms with Gasteiger partial charge in [0.25, 0.3) is 0 Å². The highest BCUT2D eigenvalue weighted by atomic mass is 16.5. The average molecular weight is 275 g/mol. The van der Waals surface area contributed by atoms with Gasteiger partial charge in [-0.25, -0.2) is 0 Å². The van der Waals surface area contributed by atoms with Crippen LogP contribution in [0.3, 0.4) is 0 Å². The summed E-state index contributed by atoms with van der Waals surface area (Å²) >= 11 is 0. The van der Waals surface area contributed by atoms with Crippen molar-refractivity contribution < 1.29 is 13.9 Å². The summed E-state index contributed by atoms with van der Waals surface area (Å²) in [6.07, 6.45) is 2.57. The van der Waals surface area contributed by atoms with Crippen molar-refractivity contribution in [1.29, 1.82) is 0 Å². The van der Waals surface area contributed by atoms with Crippen LogP contribution in [-0.4, -0.2) is 20.8 Å². The monoisotopic (exact) mass is 275 g/mol. The Balaban J connectivity index is 1.95. The Labute approximate surface area is 119 Å². The molecule has 1 aromatic heterocycles. The van der Waals surface area contributed by atoms with Gasteiger partial charge < -0.3 is 19.2 Å². The van der Waals surface area contributed by atoms with Gasteiger partial charge in [-0.15, -0.1) is 0 Å². The lowest BCUT2D eigenvalue weighted by Crippen LogP contribution is -2.21. The molecule has 1 atom stereocenters. The Morgan fingerprint density at radius 1 is 1.20 bits per heavy atom. The van der Waals surface area contributed by atoms with Gasteiger partial charge in [-0.1, -0.05) is 6.07 Å². The zero-order valence-electron chi connectivity index (χ0n) is 12.2. The SMILES string of the molecule is COc1ccc(C(C)NCCc2ccco2)c(OC)c1. The molecule has 108 valence electrons. The van der Waals surface area contributed by atoms with E-state index < -0.39 is 0 Å². The summed E-state index contributed by atoms with van der Waals surface area (Å²) in [6.45, 7) is 2.97. The molecule has 20 heavy (non-hydrogen) atoms. The third kappa shape index (κ3) is 3.54. The van der Waals surface area contributed by atoms with E-state index in [1.807, 2.05) is 30.3 Å². The van der Waals surface area contributed by atoms with Gasteiger partial charge in [-0.2, -0.15) is 0 Å². The Morgan fingerprint density at radius 2 is 2.05 bits per heavy atom. The normalized spacial score (nSPS) is 12.2. The van der Waals surface area contributed by atoms with Crippen molar-refractivity contribution in [3.8, 4) is 11.5 Å². The van der Waals surface area contributed by atoms with Gasteiger partial charge in [-0.3, -0.25) is 0 Å². The van der Waals surface area contributed by atoms with Crippen molar-refractivity contribution in [3.05, 3.63) is 47.9 Å². The molecule has 0 aliphatic heterocycles. The minimum absolute atomic E-state index is 0.200. The van der Waals surface area contributed by atoms with Crippen molar-refractivity contribution >= 4 is 0 Å². The molecule has 1 heterocycles. The van der Waals surface area contributed by atoms with Crippen LogP contribution in [-0.2, 0) is 6.42 Å². The maximum absolute atomic E-state index is 5.42. The quantitative estimate of drug-likeness (QED) is 0.842. The van der Waals surface area contributed by atoms with Crippen LogP contribution >= 0.6 is 0 Å². The summed E-state index contributed by atoms with van der Waals surface area (Å²) in [5.41, 5.74) is 1.12. The average Bonchev–Trinajstić information content (AvgIpc) is 2.99. The summed E-state index contributed by atoms with van der Waals surface area (Å²) in [5, 5.41) is 3.47. The second-order valence-electron chi connectivity index (χ2n) is 4.61. The zero-order valence-corrected chi connectivity index (χ0v) is 12.2. The molecule has 0 saturated carbocycles. The highest BCUT2D eigenvalue weighted by Crippen LogP contribution is 2.29. The van der Waals surface area contributed by atoms with Gasteiger partial charge in [0.1, 0.15) is 17.3 Å². The van der Waals surface area contributed by atoms with Crippen molar-refractivity contribution in [3.63, 3.8) is 0 Å². The smallest absolute Gasteiger partial charge is 0.127 e. The number of nitrogens with one attached hydrogen (secondary N) is 1. The van der Waals surface area contributed by atoms with E-state index in [0.29, 0.717) is 0 Å². The van der Waals surface area contributed by atoms with Crippen LogP contribution in [0.5, 0.6) is 11.5 Å². The molecule has 4 heteroatoms. The molecule has 0 fully saturated rings. The second kappa shape index (κ2) is 7.01. The fourth-order valence-corrected chi connectivity index (χ4v) is 2.15. The Hall–Kier alpha value is -1.94. The Morgan fingerprint density at radius 3 is 2.70 bits per heavy atom. The maximum atomic E-state index is 5.42. The maximum Gasteiger partial charge on any atom is 0.127 e. The molecular weight excluding hydrogens is 254 g/mol. The Kier molecular flexibility index (Phi) is 5.07. The molecule has 0 spiro atoms. The highest BCUT2D eigenvalue weighted by Gasteiger charge is 2.12. The van der Waals surface area contributed by atoms with Crippen molar-refractivity contribution in [2.24, 2.45) is 0 Å². The van der Waals surface area contributed by atoms with Crippen LogP contribution < -0.4 is 14.8 Å². The molecule has 0 radical (unpaired) electrons. The van der Waals surface area contributed by atoms with E-state index in [2.05, 4.69) is 12.2 Å². The number of ether oxygens (including phenoxy) is 2. The topological polar surface area (TPSA) is 43.6 Å². The third-order valence-electron chi connectivity index (χ3n) is 3.31. The van der Waals surface area contributed by atoms with Gasteiger partial charge in [0, 0.05) is 30.6 Å². The number of methoxy groups -OCH3 is 2. The number of hydrogen-bond acceptors (Lipinski definition) is 4. The van der Waals surface area contributed by atoms with E-state index in [1.165, 1.54) is 0 Å². The van der Waals surface area contributed by atoms with Crippen LogP contribution in [0.4, 0.5) is 0 Å². The Bertz CT molecular complexity index is 523. The number of hydrogen-bond donors (Lipinski definition) is 1. The number of furan rings is 1. The predicted octanol–water partition coefficient (Wildman–Crippen LogP) is 3.19. The minimum atomic E-state index is 0.200. The second-order valence-corrected chi connectivity index (χ2v) is 4.61. The van der Waals surface area contributed by atoms with Gasteiger partial charge in [0.15, 0.2) is 0 Å². The van der Waals surface area contributed by atoms with Crippen LogP contribution in [0.1, 0.15) is 24.3 Å². The predicted molar refractivity (Wildman–Crippen MR) is 78.4 cm³/mol. The summed E-state index contributed by atoms with van der Waals surface area (Å²) < 4.78 is 15.9. The summed E-state index contributed by atoms with van der Waals surface area (Å²) in [6, 6.07) is 9.97. The molecule has 0 bridgehead atoms. The van der Waals surface area contributed by atoms with Crippen molar-refractivity contribution in [1.82, 2.24) is 5.32 Å². The van der Waals surface area contributed by atoms with E-state index in [4.69, 9.17) is 13.9 Å². The first-order valence-corrected chi connectivity index (χ1v) is 6.72. The largest absolute Gasteiger partial charge is 0.497 e. The first-order valence-electron chi connectivity index (χ1n) is 6.72. The standard InChI is InChI=1S/C16H21NO3/c1-12(17-9-8-13-5-4-10-20-13)15-7-6-14(18-2)11-16(15)19-3/h4-7,10-12,17H,8-9H2,1-3H3. The fraction of sp³-hybridized carbons (Fsp3) is 0.375. The van der Waals surface area contributed by atoms with Gasteiger partial charge in [0.05, 0.1) is 20.5 Å². The van der Waals surface area contributed by atoms with Crippen LogP contribution in [0.25, 0.3) is 0 Å². The minimum Gasteiger partial charge on any atom is -0.497 e. The van der Waals surface area contributed by atoms with E-state index in [-0.39, 0.29) is 6.04 Å². The van der Waals surface area contributed by atoms with E-state index in [9.17, 15) is 0 Å². The van der Waals surface area contributed by atoms with Crippen LogP contribution in [0, 0.1) is 0 Å². The molecule has 0 amide bonds. The molecule has 0 aliphatic carbocycles. The molecule has 1 aromatic carbocycles. The molecule has 1 N–H and O–H groups in total. The highest BCUT2D eigenvalue weighted by molar-refractivity contribution is 5.42. The van der Waals surface area contributed by atoms with E-state index in [0.717, 1.165) is 35.8 Å². The van der Waals surface area contributed by atoms with Gasteiger partial charge >= 0.3 is 0 Å². The molecule has 1 unspecified atom stereocenters. The number of benzene rings is 1. The van der Waals surface area contributed by atoms with Gasteiger partial charge in [0.2, 0.25) is 0 Å². The van der Waals surface area contributed by atoms with Crippen molar-refractivity contribution in [2.45, 2.75) is 19.4 Å². The summed E-state index contributed by atoms with van der Waals surface area (Å²) in [4.78, 5) is 0. The number of rotatable bonds is 7. The van der Waals surface area contributed by atoms with Crippen molar-refractivity contribution in [2.75, 3.05) is 20.8 Å². The molecule has 0 aliphatic rings. The lowest BCUT2D eigenvalue weighted by molar-refractivity contribution is 0.385. The van der Waals surface area contributed by atoms with E-state index in [1.54, 1.807) is 20.5 Å². The fourth-order valence-electron chi connectivity index (χ4n) is 2.15. The molecular formula is C16H21NO3. The first kappa shape index (κ1) is 14.5. The summed E-state index contributed by atoms with van der Waals surface area (Å²) in [5.74, 6) is 2.63. The summed E-state index contributed by atoms with van der Waals surface area (Å²) in [7, 11) is 3.33. The first-order chi connectivity index (χ1) is 9.74. The lowest BCUT2D eigenvalue weighted by atomic mass is 10.1. The van der Waals surface area contributed by atoms with E-state index >= 15 is 0 Å². The zero-order chi connectivity index (χ0) is 14.4. The van der Waals surface area contributed by atoms with Crippen LogP contribution in [0.15, 0.2) is 41.0 Å². The third-order valence-corrected chi connectivity index (χ3v) is 3.31. The lowest BCUT2D eigenvalue weighted by Gasteiger charge is -2.17. The molecule has 4 nitrogen and oxygen atoms in total. The molecule has 0 saturated heterocycles.